The molecule has 1 amide bonds. The molecule has 0 aliphatic carbocycles. The zero-order valence-corrected chi connectivity index (χ0v) is 23.2. The normalized spacial score (nSPS) is 17.1. The van der Waals surface area contributed by atoms with Crippen molar-refractivity contribution in [1.82, 2.24) is 4.98 Å². The smallest absolute Gasteiger partial charge is 0.350 e. The van der Waals surface area contributed by atoms with Gasteiger partial charge in [0.1, 0.15) is 16.4 Å². The number of carbonyl (C=O) groups is 3. The minimum absolute atomic E-state index is 0.0597. The number of hydrogen-bond acceptors (Lipinski definition) is 8. The van der Waals surface area contributed by atoms with Gasteiger partial charge in [-0.05, 0) is 54.2 Å². The fourth-order valence-corrected chi connectivity index (χ4v) is 5.47. The van der Waals surface area contributed by atoms with Gasteiger partial charge in [-0.2, -0.15) is 0 Å². The molecule has 4 rings (SSSR count). The Morgan fingerprint density at radius 2 is 1.71 bits per heavy atom. The average molecular weight is 535 g/mol. The molecule has 198 valence electrons. The molecule has 0 saturated carbocycles. The number of aryl methyl sites for hydroxylation is 2. The van der Waals surface area contributed by atoms with Gasteiger partial charge in [0.05, 0.1) is 31.5 Å². The summed E-state index contributed by atoms with van der Waals surface area (Å²) in [5.74, 6) is -1.93. The van der Waals surface area contributed by atoms with Crippen molar-refractivity contribution in [2.24, 2.45) is 0 Å². The lowest BCUT2D eigenvalue weighted by molar-refractivity contribution is -0.132. The molecule has 1 N–H and O–H groups in total. The summed E-state index contributed by atoms with van der Waals surface area (Å²) in [6, 6.07) is 11.7. The van der Waals surface area contributed by atoms with Gasteiger partial charge in [-0.15, -0.1) is 0 Å². The van der Waals surface area contributed by atoms with Gasteiger partial charge in [0.2, 0.25) is 0 Å². The maximum atomic E-state index is 13.5. The molecular formula is C29H30N2O6S. The van der Waals surface area contributed by atoms with Crippen molar-refractivity contribution in [3.05, 3.63) is 80.9 Å². The van der Waals surface area contributed by atoms with Gasteiger partial charge < -0.3 is 14.6 Å². The molecular weight excluding hydrogens is 504 g/mol. The van der Waals surface area contributed by atoms with Crippen molar-refractivity contribution in [2.45, 2.75) is 46.1 Å². The topological polar surface area (TPSA) is 106 Å². The van der Waals surface area contributed by atoms with Crippen LogP contribution in [0.5, 0.6) is 5.75 Å². The Bertz CT molecular complexity index is 1460. The van der Waals surface area contributed by atoms with Crippen LogP contribution in [-0.4, -0.2) is 42.0 Å². The number of ether oxygens (including phenoxy) is 2. The molecule has 1 aliphatic heterocycles. The van der Waals surface area contributed by atoms with E-state index in [2.05, 4.69) is 25.8 Å². The molecule has 8 nitrogen and oxygen atoms in total. The highest BCUT2D eigenvalue weighted by Crippen LogP contribution is 2.44. The van der Waals surface area contributed by atoms with Crippen molar-refractivity contribution in [2.75, 3.05) is 19.1 Å². The molecule has 1 aromatic heterocycles. The summed E-state index contributed by atoms with van der Waals surface area (Å²) in [4.78, 5) is 45.1. The zero-order chi connectivity index (χ0) is 27.9. The highest BCUT2D eigenvalue weighted by molar-refractivity contribution is 7.17. The van der Waals surface area contributed by atoms with E-state index in [4.69, 9.17) is 9.47 Å². The fourth-order valence-electron chi connectivity index (χ4n) is 4.46. The number of nitrogens with zero attached hydrogens (tertiary/aromatic N) is 2. The minimum Gasteiger partial charge on any atom is -0.507 e. The van der Waals surface area contributed by atoms with Gasteiger partial charge in [-0.3, -0.25) is 14.5 Å². The van der Waals surface area contributed by atoms with Crippen molar-refractivity contribution in [3.63, 3.8) is 0 Å². The summed E-state index contributed by atoms with van der Waals surface area (Å²) < 4.78 is 10.2. The Balaban J connectivity index is 1.94. The van der Waals surface area contributed by atoms with Crippen LogP contribution < -0.4 is 9.64 Å². The van der Waals surface area contributed by atoms with Crippen LogP contribution in [0.15, 0.2) is 48.0 Å². The van der Waals surface area contributed by atoms with E-state index in [0.29, 0.717) is 22.6 Å². The molecule has 0 radical (unpaired) electrons. The number of Topliss-reactive ketones (excluding diaryl/α,β-unsaturated/α-hetero) is 1. The van der Waals surface area contributed by atoms with Crippen LogP contribution in [0, 0.1) is 13.8 Å². The van der Waals surface area contributed by atoms with E-state index >= 15 is 0 Å². The molecule has 3 aromatic rings. The van der Waals surface area contributed by atoms with E-state index in [9.17, 15) is 19.5 Å². The maximum Gasteiger partial charge on any atom is 0.350 e. The first-order chi connectivity index (χ1) is 17.9. The molecule has 0 bridgehead atoms. The number of carbonyl (C=O) groups excluding carboxylic acids is 3. The van der Waals surface area contributed by atoms with Crippen molar-refractivity contribution < 1.29 is 29.0 Å². The van der Waals surface area contributed by atoms with Crippen LogP contribution in [0.4, 0.5) is 5.13 Å². The van der Waals surface area contributed by atoms with E-state index in [1.165, 1.54) is 12.0 Å². The number of benzene rings is 2. The fraction of sp³-hybridized carbons (Fsp3) is 0.310. The second kappa shape index (κ2) is 10.1. The number of amides is 1. The highest BCUT2D eigenvalue weighted by atomic mass is 32.1. The Labute approximate surface area is 225 Å². The van der Waals surface area contributed by atoms with E-state index in [1.54, 1.807) is 32.2 Å². The molecule has 1 fully saturated rings. The third kappa shape index (κ3) is 4.69. The summed E-state index contributed by atoms with van der Waals surface area (Å²) in [5.41, 5.74) is 3.04. The molecule has 2 aromatic carbocycles. The first-order valence-electron chi connectivity index (χ1n) is 12.0. The second-order valence-corrected chi connectivity index (χ2v) is 11.1. The Kier molecular flexibility index (Phi) is 7.16. The Morgan fingerprint density at radius 3 is 2.26 bits per heavy atom. The molecule has 1 aliphatic rings. The first-order valence-corrected chi connectivity index (χ1v) is 12.8. The third-order valence-corrected chi connectivity index (χ3v) is 7.70. The van der Waals surface area contributed by atoms with Crippen LogP contribution >= 0.6 is 11.3 Å². The summed E-state index contributed by atoms with van der Waals surface area (Å²) in [6.45, 7) is 9.73. The molecule has 1 unspecified atom stereocenters. The van der Waals surface area contributed by atoms with Crippen LogP contribution in [0.2, 0.25) is 0 Å². The Morgan fingerprint density at radius 1 is 1.05 bits per heavy atom. The standard InChI is InChI=1S/C29H30N2O6S/c1-15-14-18(10-13-20(15)36-6)23(32)21-22(17-8-11-19(12-9-17)29(3,4)5)31(26(34)24(21)33)28-30-16(2)25(38-28)27(35)37-7/h8-14,22,32H,1-7H3/b23-21+. The molecule has 2 heterocycles. The zero-order valence-electron chi connectivity index (χ0n) is 22.4. The molecule has 38 heavy (non-hydrogen) atoms. The Hall–Kier alpha value is -3.98. The van der Waals surface area contributed by atoms with Crippen LogP contribution in [0.3, 0.4) is 0 Å². The number of aliphatic hydroxyl groups excluding tert-OH is 1. The van der Waals surface area contributed by atoms with E-state index in [0.717, 1.165) is 22.5 Å². The lowest BCUT2D eigenvalue weighted by atomic mass is 9.85. The van der Waals surface area contributed by atoms with Gasteiger partial charge in [-0.1, -0.05) is 56.4 Å². The summed E-state index contributed by atoms with van der Waals surface area (Å²) in [7, 11) is 2.81. The van der Waals surface area contributed by atoms with E-state index in [-0.39, 0.29) is 26.8 Å². The van der Waals surface area contributed by atoms with Crippen molar-refractivity contribution in [1.29, 1.82) is 0 Å². The van der Waals surface area contributed by atoms with E-state index in [1.807, 2.05) is 31.2 Å². The lowest BCUT2D eigenvalue weighted by Crippen LogP contribution is -2.29. The first kappa shape index (κ1) is 27.1. The number of esters is 1. The van der Waals surface area contributed by atoms with Crippen LogP contribution in [-0.2, 0) is 19.7 Å². The second-order valence-electron chi connectivity index (χ2n) is 10.1. The highest BCUT2D eigenvalue weighted by Gasteiger charge is 2.48. The van der Waals surface area contributed by atoms with Gasteiger partial charge in [0, 0.05) is 5.56 Å². The largest absolute Gasteiger partial charge is 0.507 e. The minimum atomic E-state index is -0.956. The van der Waals surface area contributed by atoms with Crippen molar-refractivity contribution in [3.8, 4) is 5.75 Å². The number of rotatable bonds is 5. The monoisotopic (exact) mass is 534 g/mol. The predicted molar refractivity (Wildman–Crippen MR) is 146 cm³/mol. The molecule has 1 atom stereocenters. The molecule has 9 heteroatoms. The number of methoxy groups -OCH3 is 2. The maximum absolute atomic E-state index is 13.5. The van der Waals surface area contributed by atoms with Crippen molar-refractivity contribution >= 4 is 39.9 Å². The van der Waals surface area contributed by atoms with Gasteiger partial charge >= 0.3 is 11.9 Å². The number of thiazole rings is 1. The third-order valence-electron chi connectivity index (χ3n) is 6.57. The number of anilines is 1. The number of aromatic nitrogens is 1. The van der Waals surface area contributed by atoms with Gasteiger partial charge in [0.25, 0.3) is 5.78 Å². The number of hydrogen-bond donors (Lipinski definition) is 1. The van der Waals surface area contributed by atoms with E-state index < -0.39 is 23.7 Å². The average Bonchev–Trinajstić information content (AvgIpc) is 3.39. The molecule has 0 spiro atoms. The summed E-state index contributed by atoms with van der Waals surface area (Å²) in [6.07, 6.45) is 0. The summed E-state index contributed by atoms with van der Waals surface area (Å²) in [5, 5.41) is 11.6. The van der Waals surface area contributed by atoms with Crippen LogP contribution in [0.25, 0.3) is 5.76 Å². The number of ketones is 1. The van der Waals surface area contributed by atoms with Crippen LogP contribution in [0.1, 0.15) is 64.4 Å². The van der Waals surface area contributed by atoms with Gasteiger partial charge in [0.15, 0.2) is 5.13 Å². The quantitative estimate of drug-likeness (QED) is 0.200. The van der Waals surface area contributed by atoms with Gasteiger partial charge in [-0.25, -0.2) is 9.78 Å². The SMILES string of the molecule is COC(=O)c1sc(N2C(=O)C(=O)/C(=C(/O)c3ccc(OC)c(C)c3)C2c2ccc(C(C)(C)C)cc2)nc1C. The summed E-state index contributed by atoms with van der Waals surface area (Å²) >= 11 is 0.964. The lowest BCUT2D eigenvalue weighted by Gasteiger charge is -2.25. The number of aliphatic hydroxyl groups is 1. The molecule has 1 saturated heterocycles. The predicted octanol–water partition coefficient (Wildman–Crippen LogP) is 5.48.